The number of aliphatic imine (C=N–C) groups is 1. The molecule has 0 aliphatic carbocycles. The fourth-order valence-corrected chi connectivity index (χ4v) is 0.657. The minimum Gasteiger partial charge on any atom is -0.302 e. The molecule has 0 aromatic carbocycles. The Morgan fingerprint density at radius 3 is 2.44 bits per heavy atom. The molecule has 0 aromatic rings. The molecule has 9 heavy (non-hydrogen) atoms. The van der Waals surface area contributed by atoms with E-state index in [0.717, 1.165) is 5.71 Å². The van der Waals surface area contributed by atoms with Crippen molar-refractivity contribution in [3.63, 3.8) is 0 Å². The molecule has 52 valence electrons. The number of nitrogens with zero attached hydrogens (tertiary/aromatic N) is 1. The topological polar surface area (TPSA) is 36.2 Å². The summed E-state index contributed by atoms with van der Waals surface area (Å²) >= 11 is 0. The predicted molar refractivity (Wildman–Crippen MR) is 47.1 cm³/mol. The standard InChI is InChI=1S/C6H12N2S/c1-6(2)8-5-9(3)4-7/h4-5,7H,1-3H3. The molecule has 0 aliphatic rings. The van der Waals surface area contributed by atoms with Gasteiger partial charge in [0.2, 0.25) is 0 Å². The van der Waals surface area contributed by atoms with E-state index in [4.69, 9.17) is 5.41 Å². The van der Waals surface area contributed by atoms with Crippen LogP contribution in [0.15, 0.2) is 4.99 Å². The van der Waals surface area contributed by atoms with Crippen LogP contribution in [0.4, 0.5) is 0 Å². The summed E-state index contributed by atoms with van der Waals surface area (Å²) in [6, 6.07) is 0. The van der Waals surface area contributed by atoms with E-state index in [0.29, 0.717) is 0 Å². The molecule has 0 fully saturated rings. The number of rotatable bonds is 2. The van der Waals surface area contributed by atoms with E-state index in [1.54, 1.807) is 5.49 Å². The lowest BCUT2D eigenvalue weighted by Crippen LogP contribution is -1.80. The first kappa shape index (κ1) is 8.56. The molecule has 0 aliphatic heterocycles. The SMILES string of the molecule is CC(C)=N/C=S(/C)C=N. The van der Waals surface area contributed by atoms with Crippen LogP contribution in [0.5, 0.6) is 0 Å². The maximum atomic E-state index is 6.84. The van der Waals surface area contributed by atoms with Crippen LogP contribution in [0.25, 0.3) is 0 Å². The first-order chi connectivity index (χ1) is 4.16. The fraction of sp³-hybridized carbons (Fsp3) is 0.500. The van der Waals surface area contributed by atoms with E-state index < -0.39 is 0 Å². The van der Waals surface area contributed by atoms with E-state index in [-0.39, 0.29) is 10.5 Å². The molecule has 1 atom stereocenters. The minimum absolute atomic E-state index is 0.0684. The highest BCUT2D eigenvalue weighted by molar-refractivity contribution is 8.25. The zero-order valence-corrected chi connectivity index (χ0v) is 6.83. The smallest absolute Gasteiger partial charge is 0.0552 e. The van der Waals surface area contributed by atoms with Crippen LogP contribution in [-0.2, 0) is 0 Å². The van der Waals surface area contributed by atoms with Crippen molar-refractivity contribution >= 4 is 27.2 Å². The van der Waals surface area contributed by atoms with Gasteiger partial charge in [0.15, 0.2) is 0 Å². The number of hydrogen-bond acceptors (Lipinski definition) is 1. The molecule has 0 saturated carbocycles. The molecule has 3 heteroatoms. The van der Waals surface area contributed by atoms with Gasteiger partial charge in [0.05, 0.1) is 5.49 Å². The van der Waals surface area contributed by atoms with E-state index >= 15 is 0 Å². The van der Waals surface area contributed by atoms with Crippen LogP contribution in [0.3, 0.4) is 0 Å². The summed E-state index contributed by atoms with van der Waals surface area (Å²) in [5, 5.41) is 6.84. The van der Waals surface area contributed by atoms with Gasteiger partial charge >= 0.3 is 0 Å². The summed E-state index contributed by atoms with van der Waals surface area (Å²) in [5.74, 6) is 0. The van der Waals surface area contributed by atoms with Gasteiger partial charge in [-0.2, -0.15) is 0 Å². The predicted octanol–water partition coefficient (Wildman–Crippen LogP) is 1.73. The molecule has 0 heterocycles. The molecule has 0 bridgehead atoms. The largest absolute Gasteiger partial charge is 0.302 e. The van der Waals surface area contributed by atoms with Crippen molar-refractivity contribution in [2.24, 2.45) is 4.99 Å². The van der Waals surface area contributed by atoms with Crippen molar-refractivity contribution in [3.05, 3.63) is 0 Å². The van der Waals surface area contributed by atoms with E-state index in [2.05, 4.69) is 4.99 Å². The zero-order chi connectivity index (χ0) is 7.28. The van der Waals surface area contributed by atoms with Gasteiger partial charge in [0.25, 0.3) is 0 Å². The van der Waals surface area contributed by atoms with Crippen molar-refractivity contribution in [2.45, 2.75) is 13.8 Å². The summed E-state index contributed by atoms with van der Waals surface area (Å²) < 4.78 is 0. The molecule has 0 spiro atoms. The molecule has 0 radical (unpaired) electrons. The van der Waals surface area contributed by atoms with Crippen LogP contribution in [0.1, 0.15) is 13.8 Å². The molecular formula is C6H12N2S. The quantitative estimate of drug-likeness (QED) is 0.348. The normalized spacial score (nSPS) is 12.8. The van der Waals surface area contributed by atoms with Gasteiger partial charge in [0.1, 0.15) is 0 Å². The lowest BCUT2D eigenvalue weighted by molar-refractivity contribution is 1.60. The van der Waals surface area contributed by atoms with Gasteiger partial charge < -0.3 is 5.41 Å². The highest BCUT2D eigenvalue weighted by Gasteiger charge is 1.74. The number of nitrogens with one attached hydrogen (secondary N) is 1. The summed E-state index contributed by atoms with van der Waals surface area (Å²) in [7, 11) is -0.0684. The highest BCUT2D eigenvalue weighted by atomic mass is 32.2. The third-order valence-corrected chi connectivity index (χ3v) is 1.47. The Balaban J connectivity index is 3.98. The van der Waals surface area contributed by atoms with Gasteiger partial charge in [-0.3, -0.25) is 4.99 Å². The first-order valence-corrected chi connectivity index (χ1v) is 4.41. The molecule has 0 rings (SSSR count). The van der Waals surface area contributed by atoms with E-state index in [1.807, 2.05) is 20.1 Å². The number of hydrogen-bond donors (Lipinski definition) is 1. The molecule has 0 saturated heterocycles. The lowest BCUT2D eigenvalue weighted by Gasteiger charge is -1.86. The average Bonchev–Trinajstić information content (AvgIpc) is 1.83. The van der Waals surface area contributed by atoms with Gasteiger partial charge in [-0.25, -0.2) is 0 Å². The summed E-state index contributed by atoms with van der Waals surface area (Å²) in [6.07, 6.45) is 1.96. The van der Waals surface area contributed by atoms with E-state index in [1.165, 1.54) is 5.55 Å². The Hall–Kier alpha value is -0.440. The van der Waals surface area contributed by atoms with Crippen molar-refractivity contribution < 1.29 is 0 Å². The van der Waals surface area contributed by atoms with E-state index in [9.17, 15) is 0 Å². The lowest BCUT2D eigenvalue weighted by atomic mass is 10.5. The summed E-state index contributed by atoms with van der Waals surface area (Å²) in [6.45, 7) is 3.88. The van der Waals surface area contributed by atoms with Gasteiger partial charge in [-0.05, 0) is 20.1 Å². The maximum Gasteiger partial charge on any atom is 0.0552 e. The van der Waals surface area contributed by atoms with Crippen LogP contribution >= 0.6 is 10.5 Å². The first-order valence-electron chi connectivity index (χ1n) is 2.65. The summed E-state index contributed by atoms with van der Waals surface area (Å²) in [5.41, 5.74) is 4.23. The fourth-order valence-electron chi connectivity index (χ4n) is 0.219. The third kappa shape index (κ3) is 5.43. The highest BCUT2D eigenvalue weighted by Crippen LogP contribution is 1.96. The Morgan fingerprint density at radius 2 is 2.11 bits per heavy atom. The van der Waals surface area contributed by atoms with Gasteiger partial charge in [0, 0.05) is 11.3 Å². The van der Waals surface area contributed by atoms with Crippen molar-refractivity contribution in [3.8, 4) is 0 Å². The Bertz CT molecular complexity index is 154. The van der Waals surface area contributed by atoms with Crippen LogP contribution in [0, 0.1) is 5.41 Å². The molecule has 2 nitrogen and oxygen atoms in total. The monoisotopic (exact) mass is 144 g/mol. The Morgan fingerprint density at radius 1 is 1.56 bits per heavy atom. The van der Waals surface area contributed by atoms with Crippen LogP contribution in [-0.4, -0.2) is 23.0 Å². The van der Waals surface area contributed by atoms with Crippen molar-refractivity contribution in [1.29, 1.82) is 5.41 Å². The van der Waals surface area contributed by atoms with Crippen molar-refractivity contribution in [2.75, 3.05) is 6.26 Å². The second-order valence-corrected chi connectivity index (χ2v) is 3.57. The average molecular weight is 144 g/mol. The summed E-state index contributed by atoms with van der Waals surface area (Å²) in [4.78, 5) is 4.05. The molecule has 0 aromatic heterocycles. The molecule has 1 N–H and O–H groups in total. The second kappa shape index (κ2) is 4.44. The van der Waals surface area contributed by atoms with Crippen LogP contribution in [0.2, 0.25) is 0 Å². The maximum absolute atomic E-state index is 6.84. The Labute approximate surface area is 58.4 Å². The second-order valence-electron chi connectivity index (χ2n) is 1.91. The zero-order valence-electron chi connectivity index (χ0n) is 6.01. The minimum atomic E-state index is -0.0684. The third-order valence-electron chi connectivity index (χ3n) is 0.663. The molecular weight excluding hydrogens is 132 g/mol. The van der Waals surface area contributed by atoms with Crippen LogP contribution < -0.4 is 0 Å². The molecule has 0 amide bonds. The molecule has 1 unspecified atom stereocenters. The van der Waals surface area contributed by atoms with Gasteiger partial charge in [-0.1, -0.05) is 0 Å². The van der Waals surface area contributed by atoms with Crippen molar-refractivity contribution in [1.82, 2.24) is 0 Å². The van der Waals surface area contributed by atoms with Gasteiger partial charge in [-0.15, -0.1) is 10.5 Å². The Kier molecular flexibility index (Phi) is 4.22.